The van der Waals surface area contributed by atoms with E-state index in [1.54, 1.807) is 6.07 Å². The quantitative estimate of drug-likeness (QED) is 0.779. The van der Waals surface area contributed by atoms with E-state index in [1.807, 2.05) is 13.8 Å². The Morgan fingerprint density at radius 3 is 2.50 bits per heavy atom. The Hall–Kier alpha value is -2.44. The van der Waals surface area contributed by atoms with Crippen LogP contribution in [0.15, 0.2) is 24.3 Å². The van der Waals surface area contributed by atoms with Crippen LogP contribution in [0.1, 0.15) is 39.2 Å². The third-order valence-electron chi connectivity index (χ3n) is 4.34. The highest BCUT2D eigenvalue weighted by molar-refractivity contribution is 6.09. The summed E-state index contributed by atoms with van der Waals surface area (Å²) in [6.07, 6.45) is 1.52. The molecule has 2 N–H and O–H groups in total. The Labute approximate surface area is 140 Å². The molecule has 4 amide bonds. The van der Waals surface area contributed by atoms with Gasteiger partial charge in [-0.05, 0) is 25.8 Å². The normalized spacial score (nSPS) is 20.5. The fourth-order valence-corrected chi connectivity index (χ4v) is 2.80. The van der Waals surface area contributed by atoms with Crippen LogP contribution in [0.4, 0.5) is 9.18 Å². The van der Waals surface area contributed by atoms with E-state index in [4.69, 9.17) is 0 Å². The SMILES string of the molecule is CCC(CC)NC(=O)CN1C(=O)N[C@@](C)(c2ccccc2F)C1=O. The molecule has 1 aromatic rings. The van der Waals surface area contributed by atoms with Crippen LogP contribution < -0.4 is 10.6 Å². The molecule has 1 heterocycles. The number of carbonyl (C=O) groups is 3. The summed E-state index contributed by atoms with van der Waals surface area (Å²) >= 11 is 0. The van der Waals surface area contributed by atoms with Gasteiger partial charge in [-0.2, -0.15) is 0 Å². The largest absolute Gasteiger partial charge is 0.352 e. The zero-order chi connectivity index (χ0) is 17.9. The molecule has 130 valence electrons. The van der Waals surface area contributed by atoms with Crippen molar-refractivity contribution in [3.63, 3.8) is 0 Å². The lowest BCUT2D eigenvalue weighted by Gasteiger charge is -2.23. The summed E-state index contributed by atoms with van der Waals surface area (Å²) in [7, 11) is 0. The highest BCUT2D eigenvalue weighted by atomic mass is 19.1. The van der Waals surface area contributed by atoms with Crippen molar-refractivity contribution < 1.29 is 18.8 Å². The molecule has 0 aromatic heterocycles. The van der Waals surface area contributed by atoms with Gasteiger partial charge in [0, 0.05) is 11.6 Å². The van der Waals surface area contributed by atoms with Crippen LogP contribution in [-0.4, -0.2) is 35.3 Å². The Bertz CT molecular complexity index is 660. The summed E-state index contributed by atoms with van der Waals surface area (Å²) in [5.41, 5.74) is -1.44. The molecule has 24 heavy (non-hydrogen) atoms. The average Bonchev–Trinajstić information content (AvgIpc) is 2.77. The Balaban J connectivity index is 2.17. The fourth-order valence-electron chi connectivity index (χ4n) is 2.80. The number of imide groups is 1. The molecule has 6 nitrogen and oxygen atoms in total. The summed E-state index contributed by atoms with van der Waals surface area (Å²) < 4.78 is 14.0. The van der Waals surface area contributed by atoms with Gasteiger partial charge in [-0.1, -0.05) is 32.0 Å². The maximum atomic E-state index is 14.0. The van der Waals surface area contributed by atoms with Gasteiger partial charge in [-0.25, -0.2) is 9.18 Å². The van der Waals surface area contributed by atoms with Crippen LogP contribution in [-0.2, 0) is 15.1 Å². The lowest BCUT2D eigenvalue weighted by molar-refractivity contribution is -0.135. The number of urea groups is 1. The molecule has 0 unspecified atom stereocenters. The maximum absolute atomic E-state index is 14.0. The average molecular weight is 335 g/mol. The fraction of sp³-hybridized carbons (Fsp3) is 0.471. The minimum absolute atomic E-state index is 0.00350. The Morgan fingerprint density at radius 2 is 1.92 bits per heavy atom. The van der Waals surface area contributed by atoms with Gasteiger partial charge in [0.1, 0.15) is 17.9 Å². The Morgan fingerprint density at radius 1 is 1.29 bits per heavy atom. The Kier molecular flexibility index (Phi) is 5.21. The first-order valence-electron chi connectivity index (χ1n) is 8.02. The molecule has 1 atom stereocenters. The van der Waals surface area contributed by atoms with Crippen molar-refractivity contribution >= 4 is 17.8 Å². The van der Waals surface area contributed by atoms with Gasteiger partial charge in [0.15, 0.2) is 0 Å². The molecular formula is C17H22FN3O3. The number of rotatable bonds is 6. The predicted molar refractivity (Wildman–Crippen MR) is 86.5 cm³/mol. The molecular weight excluding hydrogens is 313 g/mol. The van der Waals surface area contributed by atoms with E-state index in [1.165, 1.54) is 25.1 Å². The molecule has 0 aliphatic carbocycles. The number of nitrogens with zero attached hydrogens (tertiary/aromatic N) is 1. The van der Waals surface area contributed by atoms with Crippen molar-refractivity contribution in [2.24, 2.45) is 0 Å². The topological polar surface area (TPSA) is 78.5 Å². The van der Waals surface area contributed by atoms with Crippen LogP contribution in [0, 0.1) is 5.82 Å². The van der Waals surface area contributed by atoms with Crippen LogP contribution in [0.3, 0.4) is 0 Å². The molecule has 0 bridgehead atoms. The number of benzene rings is 1. The second kappa shape index (κ2) is 6.98. The number of nitrogens with one attached hydrogen (secondary N) is 2. The first kappa shape index (κ1) is 17.9. The molecule has 0 saturated carbocycles. The summed E-state index contributed by atoms with van der Waals surface area (Å²) in [5, 5.41) is 5.27. The minimum Gasteiger partial charge on any atom is -0.352 e. The van der Waals surface area contributed by atoms with E-state index in [0.29, 0.717) is 0 Å². The van der Waals surface area contributed by atoms with Crippen molar-refractivity contribution in [2.45, 2.75) is 45.2 Å². The van der Waals surface area contributed by atoms with Crippen LogP contribution in [0.2, 0.25) is 0 Å². The zero-order valence-electron chi connectivity index (χ0n) is 14.1. The molecule has 2 rings (SSSR count). The molecule has 1 saturated heterocycles. The van der Waals surface area contributed by atoms with E-state index in [2.05, 4.69) is 10.6 Å². The molecule has 0 radical (unpaired) electrons. The van der Waals surface area contributed by atoms with Gasteiger partial charge in [0.2, 0.25) is 5.91 Å². The monoisotopic (exact) mass is 335 g/mol. The second-order valence-electron chi connectivity index (χ2n) is 6.01. The predicted octanol–water partition coefficient (Wildman–Crippen LogP) is 1.90. The molecule has 0 spiro atoms. The van der Waals surface area contributed by atoms with Crippen molar-refractivity contribution in [3.8, 4) is 0 Å². The summed E-state index contributed by atoms with van der Waals surface area (Å²) in [6.45, 7) is 4.93. The highest BCUT2D eigenvalue weighted by Gasteiger charge is 2.50. The highest BCUT2D eigenvalue weighted by Crippen LogP contribution is 2.30. The van der Waals surface area contributed by atoms with E-state index in [0.717, 1.165) is 17.7 Å². The van der Waals surface area contributed by atoms with Crippen molar-refractivity contribution in [3.05, 3.63) is 35.6 Å². The van der Waals surface area contributed by atoms with Gasteiger partial charge in [-0.3, -0.25) is 14.5 Å². The van der Waals surface area contributed by atoms with Crippen LogP contribution in [0.5, 0.6) is 0 Å². The molecule has 1 aliphatic heterocycles. The van der Waals surface area contributed by atoms with Gasteiger partial charge < -0.3 is 10.6 Å². The van der Waals surface area contributed by atoms with E-state index in [-0.39, 0.29) is 18.2 Å². The van der Waals surface area contributed by atoms with Crippen LogP contribution >= 0.6 is 0 Å². The maximum Gasteiger partial charge on any atom is 0.325 e. The standard InChI is InChI=1S/C17H22FN3O3/c1-4-11(5-2)19-14(22)10-21-15(23)17(3,20-16(21)24)12-8-6-7-9-13(12)18/h6-9,11H,4-5,10H2,1-3H3,(H,19,22)(H,20,24)/t17-/m0/s1. The molecule has 1 fully saturated rings. The lowest BCUT2D eigenvalue weighted by atomic mass is 9.91. The van der Waals surface area contributed by atoms with Crippen molar-refractivity contribution in [1.29, 1.82) is 0 Å². The van der Waals surface area contributed by atoms with Crippen LogP contribution in [0.25, 0.3) is 0 Å². The summed E-state index contributed by atoms with van der Waals surface area (Å²) in [4.78, 5) is 37.7. The first-order chi connectivity index (χ1) is 11.3. The third-order valence-corrected chi connectivity index (χ3v) is 4.34. The smallest absolute Gasteiger partial charge is 0.325 e. The van der Waals surface area contributed by atoms with Gasteiger partial charge in [-0.15, -0.1) is 0 Å². The molecule has 1 aromatic carbocycles. The summed E-state index contributed by atoms with van der Waals surface area (Å²) in [5.74, 6) is -1.64. The number of carbonyl (C=O) groups excluding carboxylic acids is 3. The van der Waals surface area contributed by atoms with Gasteiger partial charge >= 0.3 is 6.03 Å². The van der Waals surface area contributed by atoms with E-state index >= 15 is 0 Å². The van der Waals surface area contributed by atoms with E-state index < -0.39 is 29.2 Å². The minimum atomic E-state index is -1.52. The molecule has 7 heteroatoms. The van der Waals surface area contributed by atoms with Crippen molar-refractivity contribution in [1.82, 2.24) is 15.5 Å². The van der Waals surface area contributed by atoms with Gasteiger partial charge in [0.25, 0.3) is 5.91 Å². The molecule has 1 aliphatic rings. The number of hydrogen-bond donors (Lipinski definition) is 2. The third kappa shape index (κ3) is 3.25. The number of amides is 4. The second-order valence-corrected chi connectivity index (χ2v) is 6.01. The number of hydrogen-bond acceptors (Lipinski definition) is 3. The zero-order valence-corrected chi connectivity index (χ0v) is 14.1. The van der Waals surface area contributed by atoms with Crippen molar-refractivity contribution in [2.75, 3.05) is 6.54 Å². The lowest BCUT2D eigenvalue weighted by Crippen LogP contribution is -2.45. The summed E-state index contributed by atoms with van der Waals surface area (Å²) in [6, 6.07) is 5.06. The first-order valence-corrected chi connectivity index (χ1v) is 8.02. The van der Waals surface area contributed by atoms with Gasteiger partial charge in [0.05, 0.1) is 0 Å². The van der Waals surface area contributed by atoms with E-state index in [9.17, 15) is 18.8 Å². The number of halogens is 1.